The van der Waals surface area contributed by atoms with Crippen molar-refractivity contribution in [3.63, 3.8) is 0 Å². The number of halogens is 5. The van der Waals surface area contributed by atoms with Gasteiger partial charge in [0, 0.05) is 12.1 Å². The summed E-state index contributed by atoms with van der Waals surface area (Å²) in [6.45, 7) is 0.0846. The van der Waals surface area contributed by atoms with Crippen molar-refractivity contribution in [3.8, 4) is 0 Å². The molecular weight excluding hydrogens is 315 g/mol. The fourth-order valence-electron chi connectivity index (χ4n) is 1.53. The van der Waals surface area contributed by atoms with Gasteiger partial charge in [-0.1, -0.05) is 46.9 Å². The summed E-state index contributed by atoms with van der Waals surface area (Å²) in [6, 6.07) is 6.99. The van der Waals surface area contributed by atoms with Crippen LogP contribution in [0.2, 0.25) is 15.1 Å². The highest BCUT2D eigenvalue weighted by molar-refractivity contribution is 6.44. The Morgan fingerprint density at radius 1 is 0.947 bits per heavy atom. The summed E-state index contributed by atoms with van der Waals surface area (Å²) < 4.78 is 26.5. The molecule has 6 heteroatoms. The van der Waals surface area contributed by atoms with Gasteiger partial charge in [-0.05, 0) is 18.2 Å². The second-order valence-corrected chi connectivity index (χ2v) is 5.03. The summed E-state index contributed by atoms with van der Waals surface area (Å²) >= 11 is 17.6. The van der Waals surface area contributed by atoms with Crippen LogP contribution in [0.15, 0.2) is 30.3 Å². The lowest BCUT2D eigenvalue weighted by molar-refractivity contribution is 0.500. The van der Waals surface area contributed by atoms with Crippen LogP contribution in [-0.4, -0.2) is 0 Å². The third kappa shape index (κ3) is 3.30. The Hall–Kier alpha value is -1.03. The van der Waals surface area contributed by atoms with E-state index < -0.39 is 11.6 Å². The standard InChI is InChI=1S/C13H8Cl3F2N/c14-8-4-10(16)12(5-9(8)15)19-6-7-2-1-3-11(17)13(7)18/h1-5,19H,6H2. The lowest BCUT2D eigenvalue weighted by atomic mass is 10.2. The summed E-state index contributed by atoms with van der Waals surface area (Å²) in [5.74, 6) is -1.77. The minimum absolute atomic E-state index is 0.0846. The van der Waals surface area contributed by atoms with Gasteiger partial charge in [0.2, 0.25) is 0 Å². The van der Waals surface area contributed by atoms with Crippen LogP contribution in [-0.2, 0) is 6.54 Å². The molecular formula is C13H8Cl3F2N. The molecule has 0 aliphatic rings. The van der Waals surface area contributed by atoms with Gasteiger partial charge in [0.15, 0.2) is 11.6 Å². The van der Waals surface area contributed by atoms with E-state index in [1.807, 2.05) is 0 Å². The van der Waals surface area contributed by atoms with Crippen molar-refractivity contribution >= 4 is 40.5 Å². The monoisotopic (exact) mass is 321 g/mol. The molecule has 0 aliphatic carbocycles. The highest BCUT2D eigenvalue weighted by atomic mass is 35.5. The average molecular weight is 323 g/mol. The smallest absolute Gasteiger partial charge is 0.163 e. The second kappa shape index (κ2) is 5.95. The number of anilines is 1. The molecule has 0 heterocycles. The van der Waals surface area contributed by atoms with Gasteiger partial charge >= 0.3 is 0 Å². The second-order valence-electron chi connectivity index (χ2n) is 3.81. The number of benzene rings is 2. The highest BCUT2D eigenvalue weighted by Crippen LogP contribution is 2.32. The Morgan fingerprint density at radius 2 is 1.63 bits per heavy atom. The van der Waals surface area contributed by atoms with Gasteiger partial charge in [0.1, 0.15) is 0 Å². The van der Waals surface area contributed by atoms with E-state index >= 15 is 0 Å². The molecule has 2 rings (SSSR count). The van der Waals surface area contributed by atoms with Crippen LogP contribution >= 0.6 is 34.8 Å². The van der Waals surface area contributed by atoms with Crippen LogP contribution in [0, 0.1) is 11.6 Å². The van der Waals surface area contributed by atoms with E-state index in [0.29, 0.717) is 20.8 Å². The van der Waals surface area contributed by atoms with Crippen molar-refractivity contribution in [2.24, 2.45) is 0 Å². The molecule has 2 aromatic rings. The normalized spacial score (nSPS) is 10.6. The molecule has 0 bridgehead atoms. The first-order chi connectivity index (χ1) is 8.99. The molecule has 100 valence electrons. The number of hydrogen-bond acceptors (Lipinski definition) is 1. The van der Waals surface area contributed by atoms with Crippen molar-refractivity contribution in [1.29, 1.82) is 0 Å². The van der Waals surface area contributed by atoms with Crippen LogP contribution in [0.25, 0.3) is 0 Å². The first kappa shape index (κ1) is 14.4. The van der Waals surface area contributed by atoms with Crippen LogP contribution in [0.5, 0.6) is 0 Å². The van der Waals surface area contributed by atoms with E-state index in [1.165, 1.54) is 24.3 Å². The van der Waals surface area contributed by atoms with Crippen molar-refractivity contribution in [1.82, 2.24) is 0 Å². The van der Waals surface area contributed by atoms with E-state index in [2.05, 4.69) is 5.32 Å². The van der Waals surface area contributed by atoms with Gasteiger partial charge in [-0.3, -0.25) is 0 Å². The van der Waals surface area contributed by atoms with E-state index in [0.717, 1.165) is 6.07 Å². The highest BCUT2D eigenvalue weighted by Gasteiger charge is 2.09. The fourth-order valence-corrected chi connectivity index (χ4v) is 2.15. The summed E-state index contributed by atoms with van der Waals surface area (Å²) in [5, 5.41) is 3.89. The van der Waals surface area contributed by atoms with Crippen LogP contribution in [0.1, 0.15) is 5.56 Å². The fraction of sp³-hybridized carbons (Fsp3) is 0.0769. The van der Waals surface area contributed by atoms with E-state index in [9.17, 15) is 8.78 Å². The third-order valence-electron chi connectivity index (χ3n) is 2.51. The average Bonchev–Trinajstić information content (AvgIpc) is 2.37. The van der Waals surface area contributed by atoms with Gasteiger partial charge in [0.05, 0.1) is 20.8 Å². The van der Waals surface area contributed by atoms with E-state index in [1.54, 1.807) is 0 Å². The minimum Gasteiger partial charge on any atom is -0.380 e. The van der Waals surface area contributed by atoms with Gasteiger partial charge in [0.25, 0.3) is 0 Å². The van der Waals surface area contributed by atoms with Crippen LogP contribution in [0.3, 0.4) is 0 Å². The van der Waals surface area contributed by atoms with Gasteiger partial charge < -0.3 is 5.32 Å². The number of nitrogens with one attached hydrogen (secondary N) is 1. The Morgan fingerprint density at radius 3 is 2.37 bits per heavy atom. The lowest BCUT2D eigenvalue weighted by Crippen LogP contribution is -2.03. The maximum Gasteiger partial charge on any atom is 0.163 e. The molecule has 0 unspecified atom stereocenters. The molecule has 0 aliphatic heterocycles. The van der Waals surface area contributed by atoms with E-state index in [4.69, 9.17) is 34.8 Å². The molecule has 0 saturated carbocycles. The Kier molecular flexibility index (Phi) is 4.50. The molecule has 0 aromatic heterocycles. The third-order valence-corrected chi connectivity index (χ3v) is 3.55. The molecule has 0 atom stereocenters. The molecule has 0 amide bonds. The largest absolute Gasteiger partial charge is 0.380 e. The Labute approximate surface area is 124 Å². The Bertz CT molecular complexity index is 617. The molecule has 2 aromatic carbocycles. The summed E-state index contributed by atoms with van der Waals surface area (Å²) in [6.07, 6.45) is 0. The molecule has 0 fully saturated rings. The quantitative estimate of drug-likeness (QED) is 0.732. The SMILES string of the molecule is Fc1cccc(CNc2cc(Cl)c(Cl)cc2Cl)c1F. The number of rotatable bonds is 3. The molecule has 0 saturated heterocycles. The topological polar surface area (TPSA) is 12.0 Å². The molecule has 1 nitrogen and oxygen atoms in total. The Balaban J connectivity index is 2.19. The number of hydrogen-bond donors (Lipinski definition) is 1. The first-order valence-electron chi connectivity index (χ1n) is 5.30. The van der Waals surface area contributed by atoms with Crippen LogP contribution in [0.4, 0.5) is 14.5 Å². The van der Waals surface area contributed by atoms with Crippen LogP contribution < -0.4 is 5.32 Å². The minimum atomic E-state index is -0.889. The van der Waals surface area contributed by atoms with E-state index in [-0.39, 0.29) is 12.1 Å². The van der Waals surface area contributed by atoms with Crippen molar-refractivity contribution in [3.05, 3.63) is 62.6 Å². The van der Waals surface area contributed by atoms with Gasteiger partial charge in [-0.2, -0.15) is 0 Å². The predicted octanol–water partition coefficient (Wildman–Crippen LogP) is 5.54. The summed E-state index contributed by atoms with van der Waals surface area (Å²) in [4.78, 5) is 0. The zero-order chi connectivity index (χ0) is 14.0. The van der Waals surface area contributed by atoms with Gasteiger partial charge in [-0.25, -0.2) is 8.78 Å². The molecule has 0 radical (unpaired) electrons. The first-order valence-corrected chi connectivity index (χ1v) is 6.43. The molecule has 1 N–H and O–H groups in total. The summed E-state index contributed by atoms with van der Waals surface area (Å²) in [5.41, 5.74) is 0.696. The van der Waals surface area contributed by atoms with Gasteiger partial charge in [-0.15, -0.1) is 0 Å². The predicted molar refractivity (Wildman–Crippen MR) is 75.2 cm³/mol. The zero-order valence-electron chi connectivity index (χ0n) is 9.48. The molecule has 19 heavy (non-hydrogen) atoms. The zero-order valence-corrected chi connectivity index (χ0v) is 11.8. The maximum atomic E-state index is 13.5. The maximum absolute atomic E-state index is 13.5. The summed E-state index contributed by atoms with van der Waals surface area (Å²) in [7, 11) is 0. The molecule has 0 spiro atoms. The van der Waals surface area contributed by atoms with Crippen molar-refractivity contribution < 1.29 is 8.78 Å². The van der Waals surface area contributed by atoms with Crippen molar-refractivity contribution in [2.45, 2.75) is 6.54 Å². The lowest BCUT2D eigenvalue weighted by Gasteiger charge is -2.10. The van der Waals surface area contributed by atoms with Crippen molar-refractivity contribution in [2.75, 3.05) is 5.32 Å².